The highest BCUT2D eigenvalue weighted by Crippen LogP contribution is 2.35. The van der Waals surface area contributed by atoms with Crippen molar-refractivity contribution in [3.05, 3.63) is 53.6 Å². The Balaban J connectivity index is 1.90. The number of nitrogens with one attached hydrogen (secondary N) is 2. The summed E-state index contributed by atoms with van der Waals surface area (Å²) in [5, 5.41) is 5.59. The first-order chi connectivity index (χ1) is 10.1. The lowest BCUT2D eigenvalue weighted by molar-refractivity contribution is -0.117. The summed E-state index contributed by atoms with van der Waals surface area (Å²) in [5.41, 5.74) is 1.38. The second-order valence-electron chi connectivity index (χ2n) is 4.64. The van der Waals surface area contributed by atoms with Gasteiger partial charge in [0.15, 0.2) is 11.6 Å². The monoisotopic (exact) mass is 290 g/mol. The van der Waals surface area contributed by atoms with Gasteiger partial charge in [0.1, 0.15) is 17.6 Å². The summed E-state index contributed by atoms with van der Waals surface area (Å²) < 4.78 is 32.0. The van der Waals surface area contributed by atoms with Gasteiger partial charge in [-0.1, -0.05) is 6.07 Å². The Morgan fingerprint density at radius 1 is 1.19 bits per heavy atom. The quantitative estimate of drug-likeness (QED) is 0.913. The molecule has 1 unspecified atom stereocenters. The number of amides is 1. The van der Waals surface area contributed by atoms with Gasteiger partial charge in [-0.05, 0) is 25.2 Å². The van der Waals surface area contributed by atoms with Crippen LogP contribution >= 0.6 is 0 Å². The Kier molecular flexibility index (Phi) is 3.31. The van der Waals surface area contributed by atoms with Crippen LogP contribution in [0.4, 0.5) is 14.5 Å². The highest BCUT2D eigenvalue weighted by Gasteiger charge is 2.29. The number of hydrogen-bond acceptors (Lipinski definition) is 3. The van der Waals surface area contributed by atoms with Gasteiger partial charge >= 0.3 is 0 Å². The Bertz CT molecular complexity index is 719. The van der Waals surface area contributed by atoms with Gasteiger partial charge in [-0.25, -0.2) is 8.78 Å². The number of halogens is 2. The molecule has 4 nitrogen and oxygen atoms in total. The van der Waals surface area contributed by atoms with E-state index in [0.29, 0.717) is 11.4 Å². The predicted molar refractivity (Wildman–Crippen MR) is 73.3 cm³/mol. The van der Waals surface area contributed by atoms with Crippen molar-refractivity contribution in [2.45, 2.75) is 6.04 Å². The molecule has 0 aliphatic carbocycles. The van der Waals surface area contributed by atoms with Crippen LogP contribution in [0.1, 0.15) is 11.6 Å². The van der Waals surface area contributed by atoms with Crippen molar-refractivity contribution in [2.24, 2.45) is 0 Å². The van der Waals surface area contributed by atoms with E-state index in [1.165, 1.54) is 0 Å². The highest BCUT2D eigenvalue weighted by atomic mass is 19.1. The number of hydrogen-bond donors (Lipinski definition) is 2. The van der Waals surface area contributed by atoms with E-state index in [2.05, 4.69) is 10.6 Å². The molecule has 2 aromatic carbocycles. The van der Waals surface area contributed by atoms with Crippen molar-refractivity contribution in [2.75, 3.05) is 12.4 Å². The molecule has 21 heavy (non-hydrogen) atoms. The molecule has 108 valence electrons. The predicted octanol–water partition coefficient (Wildman–Crippen LogP) is 2.97. The summed E-state index contributed by atoms with van der Waals surface area (Å²) in [7, 11) is 1.69. The largest absolute Gasteiger partial charge is 0.454 e. The summed E-state index contributed by atoms with van der Waals surface area (Å²) in [6, 6.07) is 7.46. The molecule has 0 aromatic heterocycles. The van der Waals surface area contributed by atoms with Crippen molar-refractivity contribution in [1.82, 2.24) is 5.32 Å². The molecular formula is C15H12F2N2O2. The Morgan fingerprint density at radius 2 is 2.00 bits per heavy atom. The lowest BCUT2D eigenvalue weighted by Gasteiger charge is -2.09. The van der Waals surface area contributed by atoms with E-state index >= 15 is 0 Å². The number of likely N-dealkylation sites (N-methyl/N-ethyl adjacent to an activating group) is 1. The molecule has 1 aliphatic heterocycles. The van der Waals surface area contributed by atoms with Gasteiger partial charge in [0, 0.05) is 23.4 Å². The minimum absolute atomic E-state index is 0.165. The average Bonchev–Trinajstić information content (AvgIpc) is 2.77. The lowest BCUT2D eigenvalue weighted by Crippen LogP contribution is -2.23. The van der Waals surface area contributed by atoms with Crippen LogP contribution < -0.4 is 15.4 Å². The van der Waals surface area contributed by atoms with Crippen LogP contribution in [0, 0.1) is 11.6 Å². The third-order valence-electron chi connectivity index (χ3n) is 3.27. The molecule has 1 aliphatic rings. The van der Waals surface area contributed by atoms with E-state index < -0.39 is 17.7 Å². The molecule has 0 spiro atoms. The van der Waals surface area contributed by atoms with Crippen LogP contribution in [-0.4, -0.2) is 13.0 Å². The zero-order chi connectivity index (χ0) is 15.0. The summed E-state index contributed by atoms with van der Waals surface area (Å²) in [5.74, 6) is -1.30. The van der Waals surface area contributed by atoms with Crippen LogP contribution in [-0.2, 0) is 4.79 Å². The number of fused-ring (bicyclic) bond motifs is 1. The Hall–Kier alpha value is -2.47. The molecule has 0 fully saturated rings. The fraction of sp³-hybridized carbons (Fsp3) is 0.133. The summed E-state index contributed by atoms with van der Waals surface area (Å²) in [6.07, 6.45) is 0. The fourth-order valence-corrected chi connectivity index (χ4v) is 2.27. The second-order valence-corrected chi connectivity index (χ2v) is 4.64. The number of carbonyl (C=O) groups excluding carboxylic acids is 1. The topological polar surface area (TPSA) is 50.4 Å². The molecule has 6 heteroatoms. The number of rotatable bonds is 3. The maximum atomic E-state index is 13.5. The van der Waals surface area contributed by atoms with Crippen molar-refractivity contribution in [3.63, 3.8) is 0 Å². The minimum atomic E-state index is -0.658. The zero-order valence-electron chi connectivity index (χ0n) is 11.1. The molecular weight excluding hydrogens is 278 g/mol. The number of ether oxygens (including phenoxy) is 1. The fourth-order valence-electron chi connectivity index (χ4n) is 2.27. The van der Waals surface area contributed by atoms with E-state index in [1.54, 1.807) is 25.2 Å². The van der Waals surface area contributed by atoms with Crippen molar-refractivity contribution in [1.29, 1.82) is 0 Å². The van der Waals surface area contributed by atoms with E-state index in [4.69, 9.17) is 4.74 Å². The third-order valence-corrected chi connectivity index (χ3v) is 3.27. The van der Waals surface area contributed by atoms with Crippen LogP contribution in [0.3, 0.4) is 0 Å². The molecule has 3 rings (SSSR count). The van der Waals surface area contributed by atoms with Gasteiger partial charge in [-0.2, -0.15) is 0 Å². The Labute approximate surface area is 119 Å². The van der Waals surface area contributed by atoms with Crippen molar-refractivity contribution in [3.8, 4) is 11.5 Å². The molecule has 0 bridgehead atoms. The molecule has 2 N–H and O–H groups in total. The molecule has 0 saturated heterocycles. The van der Waals surface area contributed by atoms with E-state index in [9.17, 15) is 13.6 Å². The highest BCUT2D eigenvalue weighted by molar-refractivity contribution is 6.02. The molecule has 1 amide bonds. The van der Waals surface area contributed by atoms with Gasteiger partial charge < -0.3 is 15.4 Å². The van der Waals surface area contributed by atoms with Crippen LogP contribution in [0.2, 0.25) is 0 Å². The lowest BCUT2D eigenvalue weighted by atomic mass is 10.1. The van der Waals surface area contributed by atoms with Gasteiger partial charge in [-0.3, -0.25) is 4.79 Å². The molecule has 2 aromatic rings. The maximum absolute atomic E-state index is 13.5. The average molecular weight is 290 g/mol. The number of anilines is 1. The van der Waals surface area contributed by atoms with E-state index in [1.807, 2.05) is 0 Å². The van der Waals surface area contributed by atoms with Crippen molar-refractivity contribution < 1.29 is 18.3 Å². The molecule has 0 radical (unpaired) electrons. The summed E-state index contributed by atoms with van der Waals surface area (Å²) in [4.78, 5) is 11.7. The summed E-state index contributed by atoms with van der Waals surface area (Å²) in [6.45, 7) is 0. The van der Waals surface area contributed by atoms with Crippen LogP contribution in [0.25, 0.3) is 0 Å². The van der Waals surface area contributed by atoms with Crippen molar-refractivity contribution >= 4 is 11.6 Å². The minimum Gasteiger partial charge on any atom is -0.454 e. The van der Waals surface area contributed by atoms with Gasteiger partial charge in [0.25, 0.3) is 0 Å². The number of carbonyl (C=O) groups is 1. The molecule has 0 saturated carbocycles. The van der Waals surface area contributed by atoms with Gasteiger partial charge in [0.05, 0.1) is 0 Å². The third kappa shape index (κ3) is 2.45. The number of benzene rings is 2. The first-order valence-corrected chi connectivity index (χ1v) is 6.33. The normalized spacial score (nSPS) is 16.5. The second kappa shape index (κ2) is 5.14. The zero-order valence-corrected chi connectivity index (χ0v) is 11.1. The standard InChI is InChI=1S/C15H12F2N2O2/c1-18-14-10-4-3-9(7-12(10)19-15(14)20)21-13-6-8(16)2-5-11(13)17/h2-7,14,18H,1H3,(H,19,20). The maximum Gasteiger partial charge on any atom is 0.246 e. The SMILES string of the molecule is CNC1C(=O)Nc2cc(Oc3cc(F)ccc3F)ccc21. The van der Waals surface area contributed by atoms with Gasteiger partial charge in [-0.15, -0.1) is 0 Å². The van der Waals surface area contributed by atoms with Crippen LogP contribution in [0.15, 0.2) is 36.4 Å². The summed E-state index contributed by atoms with van der Waals surface area (Å²) >= 11 is 0. The van der Waals surface area contributed by atoms with Gasteiger partial charge in [0.2, 0.25) is 5.91 Å². The first kappa shape index (κ1) is 13.5. The van der Waals surface area contributed by atoms with E-state index in [0.717, 1.165) is 23.8 Å². The Morgan fingerprint density at radius 3 is 2.76 bits per heavy atom. The van der Waals surface area contributed by atoms with Crippen LogP contribution in [0.5, 0.6) is 11.5 Å². The molecule has 1 atom stereocenters. The molecule has 1 heterocycles. The smallest absolute Gasteiger partial charge is 0.246 e. The van der Waals surface area contributed by atoms with E-state index in [-0.39, 0.29) is 11.7 Å². The first-order valence-electron chi connectivity index (χ1n) is 6.33.